The molecule has 0 unspecified atom stereocenters. The van der Waals surface area contributed by atoms with Crippen molar-refractivity contribution in [2.24, 2.45) is 0 Å². The average Bonchev–Trinajstić information content (AvgIpc) is 3.00. The maximum atomic E-state index is 13.0. The zero-order valence-corrected chi connectivity index (χ0v) is 19.4. The van der Waals surface area contributed by atoms with Crippen molar-refractivity contribution in [2.75, 3.05) is 13.1 Å². The number of hydrogen-bond donors (Lipinski definition) is 0. The van der Waals surface area contributed by atoms with E-state index < -0.39 is 0 Å². The minimum absolute atomic E-state index is 0.0167. The molecule has 2 aliphatic rings. The monoisotopic (exact) mass is 470 g/mol. The third-order valence-corrected chi connectivity index (χ3v) is 6.38. The molecule has 0 spiro atoms. The highest BCUT2D eigenvalue weighted by Gasteiger charge is 2.35. The van der Waals surface area contributed by atoms with E-state index in [-0.39, 0.29) is 35.8 Å². The van der Waals surface area contributed by atoms with Gasteiger partial charge in [0.15, 0.2) is 0 Å². The van der Waals surface area contributed by atoms with Crippen LogP contribution in [0.5, 0.6) is 0 Å². The molecular weight excluding hydrogens is 448 g/mol. The molecule has 3 amide bonds. The van der Waals surface area contributed by atoms with Gasteiger partial charge in [0.05, 0.1) is 23.7 Å². The molecule has 2 aromatic carbocycles. The summed E-state index contributed by atoms with van der Waals surface area (Å²) in [5.74, 6) is -0.427. The maximum Gasteiger partial charge on any atom is 0.293 e. The number of rotatable bonds is 4. The summed E-state index contributed by atoms with van der Waals surface area (Å²) in [5.41, 5.74) is 2.01. The van der Waals surface area contributed by atoms with Crippen LogP contribution in [0.1, 0.15) is 35.3 Å². The molecule has 8 heteroatoms. The number of benzene rings is 2. The number of morpholine rings is 1. The molecule has 0 aliphatic carbocycles. The Labute approximate surface area is 196 Å². The van der Waals surface area contributed by atoms with Crippen LogP contribution in [0.25, 0.3) is 6.08 Å². The molecule has 2 fully saturated rings. The van der Waals surface area contributed by atoms with Crippen LogP contribution in [0.4, 0.5) is 4.79 Å². The Morgan fingerprint density at radius 3 is 2.56 bits per heavy atom. The van der Waals surface area contributed by atoms with Crippen LogP contribution in [0.3, 0.4) is 0 Å². The second-order valence-corrected chi connectivity index (χ2v) is 9.42. The van der Waals surface area contributed by atoms with Gasteiger partial charge in [0.2, 0.25) is 0 Å². The third-order valence-electron chi connectivity index (χ3n) is 5.24. The molecule has 166 valence electrons. The van der Waals surface area contributed by atoms with Crippen molar-refractivity contribution < 1.29 is 19.1 Å². The Hall–Kier alpha value is -2.61. The summed E-state index contributed by atoms with van der Waals surface area (Å²) in [6.45, 7) is 5.14. The fourth-order valence-electron chi connectivity index (χ4n) is 3.89. The van der Waals surface area contributed by atoms with E-state index in [2.05, 4.69) is 0 Å². The lowest BCUT2D eigenvalue weighted by Gasteiger charge is -2.35. The number of carbonyl (C=O) groups excluding carboxylic acids is 3. The summed E-state index contributed by atoms with van der Waals surface area (Å²) >= 11 is 6.91. The summed E-state index contributed by atoms with van der Waals surface area (Å²) < 4.78 is 5.71. The molecule has 0 saturated carbocycles. The van der Waals surface area contributed by atoms with E-state index in [1.807, 2.05) is 26.0 Å². The average molecular weight is 471 g/mol. The fourth-order valence-corrected chi connectivity index (χ4v) is 4.94. The molecule has 0 N–H and O–H groups in total. The topological polar surface area (TPSA) is 66.9 Å². The van der Waals surface area contributed by atoms with E-state index >= 15 is 0 Å². The van der Waals surface area contributed by atoms with Gasteiger partial charge in [-0.25, -0.2) is 0 Å². The van der Waals surface area contributed by atoms with Crippen molar-refractivity contribution in [1.29, 1.82) is 0 Å². The molecule has 6 nitrogen and oxygen atoms in total. The number of amides is 3. The van der Waals surface area contributed by atoms with Gasteiger partial charge in [-0.3, -0.25) is 19.3 Å². The number of carbonyl (C=O) groups is 3. The van der Waals surface area contributed by atoms with Crippen molar-refractivity contribution in [3.8, 4) is 0 Å². The summed E-state index contributed by atoms with van der Waals surface area (Å²) in [6, 6.07) is 14.2. The smallest absolute Gasteiger partial charge is 0.293 e. The van der Waals surface area contributed by atoms with E-state index in [0.29, 0.717) is 34.1 Å². The maximum absolute atomic E-state index is 13.0. The van der Waals surface area contributed by atoms with E-state index in [1.54, 1.807) is 47.4 Å². The minimum atomic E-state index is -0.354. The van der Waals surface area contributed by atoms with Gasteiger partial charge in [-0.15, -0.1) is 0 Å². The first-order valence-electron chi connectivity index (χ1n) is 10.3. The molecule has 0 aromatic heterocycles. The molecule has 2 saturated heterocycles. The van der Waals surface area contributed by atoms with Gasteiger partial charge in [-0.1, -0.05) is 35.9 Å². The van der Waals surface area contributed by atoms with E-state index in [9.17, 15) is 14.4 Å². The Balaban J connectivity index is 1.51. The summed E-state index contributed by atoms with van der Waals surface area (Å²) in [5, 5.41) is 0.222. The van der Waals surface area contributed by atoms with Crippen molar-refractivity contribution in [2.45, 2.75) is 32.6 Å². The highest BCUT2D eigenvalue weighted by molar-refractivity contribution is 8.18. The van der Waals surface area contributed by atoms with Crippen LogP contribution in [-0.4, -0.2) is 52.2 Å². The molecule has 2 atom stereocenters. The first kappa shape index (κ1) is 22.6. The van der Waals surface area contributed by atoms with Crippen LogP contribution in [-0.2, 0) is 16.1 Å². The molecule has 2 aliphatic heterocycles. The van der Waals surface area contributed by atoms with Crippen LogP contribution in [0.2, 0.25) is 5.02 Å². The second-order valence-electron chi connectivity index (χ2n) is 7.99. The molecule has 0 bridgehead atoms. The number of hydrogen-bond acceptors (Lipinski definition) is 5. The third kappa shape index (κ3) is 5.06. The summed E-state index contributed by atoms with van der Waals surface area (Å²) in [4.78, 5) is 41.6. The Morgan fingerprint density at radius 1 is 1.12 bits per heavy atom. The molecule has 32 heavy (non-hydrogen) atoms. The van der Waals surface area contributed by atoms with Crippen LogP contribution < -0.4 is 0 Å². The van der Waals surface area contributed by atoms with E-state index in [4.69, 9.17) is 16.3 Å². The van der Waals surface area contributed by atoms with E-state index in [1.165, 1.54) is 4.90 Å². The van der Waals surface area contributed by atoms with Crippen molar-refractivity contribution in [3.63, 3.8) is 0 Å². The standard InChI is InChI=1S/C24H23ClN2O4S/c1-15-12-26(13-16(2)31-15)22(28)19-7-3-5-17(9-19)11-21-23(29)27(24(30)32-21)14-18-6-4-8-20(25)10-18/h3-11,15-16H,12-14H2,1-2H3/b21-11-/t15-,16-/m0/s1. The van der Waals surface area contributed by atoms with Gasteiger partial charge in [0.25, 0.3) is 17.1 Å². The lowest BCUT2D eigenvalue weighted by atomic mass is 10.1. The van der Waals surface area contributed by atoms with Crippen molar-refractivity contribution in [3.05, 3.63) is 75.1 Å². The summed E-state index contributed by atoms with van der Waals surface area (Å²) in [7, 11) is 0. The summed E-state index contributed by atoms with van der Waals surface area (Å²) in [6.07, 6.45) is 1.62. The predicted molar refractivity (Wildman–Crippen MR) is 125 cm³/mol. The van der Waals surface area contributed by atoms with Gasteiger partial charge in [-0.05, 0) is 67.1 Å². The Kier molecular flexibility index (Phi) is 6.69. The molecule has 4 rings (SSSR count). The van der Waals surface area contributed by atoms with Gasteiger partial charge in [-0.2, -0.15) is 0 Å². The minimum Gasteiger partial charge on any atom is -0.372 e. The quantitative estimate of drug-likeness (QED) is 0.599. The highest BCUT2D eigenvalue weighted by atomic mass is 35.5. The zero-order chi connectivity index (χ0) is 22.8. The molecule has 2 aromatic rings. The van der Waals surface area contributed by atoms with Gasteiger partial charge >= 0.3 is 0 Å². The van der Waals surface area contributed by atoms with E-state index in [0.717, 1.165) is 17.3 Å². The Bertz CT molecular complexity index is 1090. The molecular formula is C24H23ClN2O4S. The predicted octanol–water partition coefficient (Wildman–Crippen LogP) is 4.83. The zero-order valence-electron chi connectivity index (χ0n) is 17.8. The SMILES string of the molecule is C[C@H]1CN(C(=O)c2cccc(/C=C3\SC(=O)N(Cc4cccc(Cl)c4)C3=O)c2)C[C@H](C)O1. The second kappa shape index (κ2) is 9.48. The number of thioether (sulfide) groups is 1. The largest absolute Gasteiger partial charge is 0.372 e. The number of halogens is 1. The van der Waals surface area contributed by atoms with Crippen LogP contribution >= 0.6 is 23.4 Å². The van der Waals surface area contributed by atoms with Crippen molar-refractivity contribution >= 4 is 46.5 Å². The lowest BCUT2D eigenvalue weighted by molar-refractivity contribution is -0.123. The van der Waals surface area contributed by atoms with Crippen molar-refractivity contribution in [1.82, 2.24) is 9.80 Å². The van der Waals surface area contributed by atoms with Crippen LogP contribution in [0, 0.1) is 0 Å². The normalized spacial score (nSPS) is 22.7. The van der Waals surface area contributed by atoms with Gasteiger partial charge < -0.3 is 9.64 Å². The van der Waals surface area contributed by atoms with Gasteiger partial charge in [0, 0.05) is 23.7 Å². The van der Waals surface area contributed by atoms with Crippen LogP contribution in [0.15, 0.2) is 53.4 Å². The number of imide groups is 1. The Morgan fingerprint density at radius 2 is 1.84 bits per heavy atom. The molecule has 0 radical (unpaired) electrons. The molecule has 2 heterocycles. The van der Waals surface area contributed by atoms with Gasteiger partial charge in [0.1, 0.15) is 0 Å². The number of nitrogens with zero attached hydrogens (tertiary/aromatic N) is 2. The number of ether oxygens (including phenoxy) is 1. The fraction of sp³-hybridized carbons (Fsp3) is 0.292. The first-order valence-corrected chi connectivity index (χ1v) is 11.5. The first-order chi connectivity index (χ1) is 15.3. The lowest BCUT2D eigenvalue weighted by Crippen LogP contribution is -2.48. The highest BCUT2D eigenvalue weighted by Crippen LogP contribution is 2.33.